The lowest BCUT2D eigenvalue weighted by atomic mass is 10.0. The summed E-state index contributed by atoms with van der Waals surface area (Å²) in [5.41, 5.74) is 0.881. The van der Waals surface area contributed by atoms with E-state index in [1.54, 1.807) is 6.07 Å². The minimum absolute atomic E-state index is 0.00996. The number of carbonyl (C=O) groups excluding carboxylic acids is 1. The van der Waals surface area contributed by atoms with Crippen molar-refractivity contribution in [2.75, 3.05) is 13.7 Å². The lowest BCUT2D eigenvalue weighted by Gasteiger charge is -2.11. The van der Waals surface area contributed by atoms with Crippen LogP contribution in [0.3, 0.4) is 0 Å². The Bertz CT molecular complexity index is 400. The Kier molecular flexibility index (Phi) is 3.19. The first-order chi connectivity index (χ1) is 7.72. The van der Waals surface area contributed by atoms with Gasteiger partial charge in [-0.1, -0.05) is 6.07 Å². The quantitative estimate of drug-likeness (QED) is 0.780. The Morgan fingerprint density at radius 1 is 1.56 bits per heavy atom. The van der Waals surface area contributed by atoms with Crippen LogP contribution < -0.4 is 5.32 Å². The maximum Gasteiger partial charge on any atom is 0.340 e. The van der Waals surface area contributed by atoms with Crippen molar-refractivity contribution in [3.8, 4) is 0 Å². The smallest absolute Gasteiger partial charge is 0.340 e. The lowest BCUT2D eigenvalue weighted by molar-refractivity contribution is 0.0595. The third-order valence-corrected chi connectivity index (χ3v) is 2.86. The number of halogens is 1. The Morgan fingerprint density at radius 2 is 2.38 bits per heavy atom. The van der Waals surface area contributed by atoms with Gasteiger partial charge in [-0.3, -0.25) is 0 Å². The van der Waals surface area contributed by atoms with Crippen molar-refractivity contribution >= 4 is 5.97 Å². The van der Waals surface area contributed by atoms with Crippen LogP contribution in [0.1, 0.15) is 34.8 Å². The van der Waals surface area contributed by atoms with Crippen LogP contribution in [0.4, 0.5) is 4.39 Å². The molecule has 0 aromatic heterocycles. The molecule has 2 rings (SSSR count). The highest BCUT2D eigenvalue weighted by Gasteiger charge is 2.19. The summed E-state index contributed by atoms with van der Waals surface area (Å²) in [7, 11) is 1.24. The van der Waals surface area contributed by atoms with E-state index >= 15 is 0 Å². The minimum atomic E-state index is -0.636. The van der Waals surface area contributed by atoms with E-state index in [1.807, 2.05) is 0 Å². The number of carbonyl (C=O) groups is 1. The normalized spacial score (nSPS) is 19.8. The molecule has 0 saturated carbocycles. The second-order valence-corrected chi connectivity index (χ2v) is 3.88. The van der Waals surface area contributed by atoms with Gasteiger partial charge in [0.05, 0.1) is 12.7 Å². The highest BCUT2D eigenvalue weighted by atomic mass is 19.1. The van der Waals surface area contributed by atoms with Gasteiger partial charge in [0, 0.05) is 6.04 Å². The summed E-state index contributed by atoms with van der Waals surface area (Å²) < 4.78 is 18.1. The summed E-state index contributed by atoms with van der Waals surface area (Å²) in [6.45, 7) is 0.963. The molecule has 0 spiro atoms. The number of methoxy groups -OCH3 is 1. The number of benzene rings is 1. The molecule has 1 fully saturated rings. The molecule has 0 aliphatic carbocycles. The van der Waals surface area contributed by atoms with E-state index in [-0.39, 0.29) is 11.6 Å². The van der Waals surface area contributed by atoms with Gasteiger partial charge in [0.2, 0.25) is 0 Å². The Balaban J connectivity index is 2.25. The molecule has 4 heteroatoms. The van der Waals surface area contributed by atoms with E-state index in [1.165, 1.54) is 19.2 Å². The van der Waals surface area contributed by atoms with Gasteiger partial charge in [0.25, 0.3) is 0 Å². The molecule has 1 aliphatic heterocycles. The zero-order chi connectivity index (χ0) is 11.5. The number of esters is 1. The molecule has 1 unspecified atom stereocenters. The first kappa shape index (κ1) is 11.1. The Morgan fingerprint density at radius 3 is 2.94 bits per heavy atom. The van der Waals surface area contributed by atoms with Crippen molar-refractivity contribution in [1.29, 1.82) is 0 Å². The van der Waals surface area contributed by atoms with Gasteiger partial charge in [-0.25, -0.2) is 9.18 Å². The van der Waals surface area contributed by atoms with Gasteiger partial charge >= 0.3 is 5.97 Å². The zero-order valence-corrected chi connectivity index (χ0v) is 9.13. The SMILES string of the molecule is COC(=O)c1ccc(C2CCCN2)cc1F. The van der Waals surface area contributed by atoms with Gasteiger partial charge in [0.15, 0.2) is 0 Å². The molecule has 1 heterocycles. The van der Waals surface area contributed by atoms with E-state index in [4.69, 9.17) is 0 Å². The van der Waals surface area contributed by atoms with Crippen molar-refractivity contribution < 1.29 is 13.9 Å². The summed E-state index contributed by atoms with van der Waals surface area (Å²) in [6.07, 6.45) is 2.11. The minimum Gasteiger partial charge on any atom is -0.465 e. The maximum absolute atomic E-state index is 13.6. The van der Waals surface area contributed by atoms with Gasteiger partial charge in [-0.05, 0) is 37.1 Å². The molecular weight excluding hydrogens is 209 g/mol. The molecule has 16 heavy (non-hydrogen) atoms. The number of nitrogens with one attached hydrogen (secondary N) is 1. The van der Waals surface area contributed by atoms with Crippen LogP contribution in [-0.4, -0.2) is 19.6 Å². The van der Waals surface area contributed by atoms with Gasteiger partial charge < -0.3 is 10.1 Å². The fourth-order valence-corrected chi connectivity index (χ4v) is 1.99. The average molecular weight is 223 g/mol. The topological polar surface area (TPSA) is 38.3 Å². The predicted octanol–water partition coefficient (Wildman–Crippen LogP) is 2.04. The second kappa shape index (κ2) is 4.61. The third kappa shape index (κ3) is 2.07. The van der Waals surface area contributed by atoms with Crippen LogP contribution in [0.15, 0.2) is 18.2 Å². The third-order valence-electron chi connectivity index (χ3n) is 2.86. The number of ether oxygens (including phenoxy) is 1. The molecule has 1 atom stereocenters. The van der Waals surface area contributed by atoms with E-state index in [9.17, 15) is 9.18 Å². The number of rotatable bonds is 2. The van der Waals surface area contributed by atoms with Crippen LogP contribution in [-0.2, 0) is 4.74 Å². The summed E-state index contributed by atoms with van der Waals surface area (Å²) in [6, 6.07) is 4.88. The summed E-state index contributed by atoms with van der Waals surface area (Å²) in [5, 5.41) is 3.28. The molecule has 0 bridgehead atoms. The molecule has 1 aliphatic rings. The Labute approximate surface area is 93.6 Å². The van der Waals surface area contributed by atoms with E-state index in [0.29, 0.717) is 0 Å². The molecule has 1 aromatic rings. The van der Waals surface area contributed by atoms with Gasteiger partial charge in [-0.15, -0.1) is 0 Å². The molecule has 1 saturated heterocycles. The fraction of sp³-hybridized carbons (Fsp3) is 0.417. The highest BCUT2D eigenvalue weighted by Crippen LogP contribution is 2.24. The van der Waals surface area contributed by atoms with E-state index in [2.05, 4.69) is 10.1 Å². The molecule has 1 N–H and O–H groups in total. The summed E-state index contributed by atoms with van der Waals surface area (Å²) >= 11 is 0. The predicted molar refractivity (Wildman–Crippen MR) is 57.7 cm³/mol. The van der Waals surface area contributed by atoms with Crippen LogP contribution in [0.5, 0.6) is 0 Å². The first-order valence-corrected chi connectivity index (χ1v) is 5.33. The fourth-order valence-electron chi connectivity index (χ4n) is 1.99. The monoisotopic (exact) mass is 223 g/mol. The largest absolute Gasteiger partial charge is 0.465 e. The van der Waals surface area contributed by atoms with Crippen LogP contribution in [0.25, 0.3) is 0 Å². The van der Waals surface area contributed by atoms with E-state index < -0.39 is 11.8 Å². The standard InChI is InChI=1S/C12H14FNO2/c1-16-12(15)9-5-4-8(7-10(9)13)11-3-2-6-14-11/h4-5,7,11,14H,2-3,6H2,1H3. The van der Waals surface area contributed by atoms with Crippen molar-refractivity contribution in [1.82, 2.24) is 5.32 Å². The van der Waals surface area contributed by atoms with Crippen molar-refractivity contribution in [3.05, 3.63) is 35.1 Å². The van der Waals surface area contributed by atoms with Gasteiger partial charge in [0.1, 0.15) is 5.82 Å². The van der Waals surface area contributed by atoms with Crippen LogP contribution in [0, 0.1) is 5.82 Å². The number of hydrogen-bond donors (Lipinski definition) is 1. The average Bonchev–Trinajstić information content (AvgIpc) is 2.81. The van der Waals surface area contributed by atoms with E-state index in [0.717, 1.165) is 24.9 Å². The molecule has 1 aromatic carbocycles. The lowest BCUT2D eigenvalue weighted by Crippen LogP contribution is -2.14. The molecule has 0 radical (unpaired) electrons. The van der Waals surface area contributed by atoms with Crippen molar-refractivity contribution in [2.45, 2.75) is 18.9 Å². The molecule has 86 valence electrons. The summed E-state index contributed by atoms with van der Waals surface area (Å²) in [4.78, 5) is 11.2. The van der Waals surface area contributed by atoms with Crippen LogP contribution in [0.2, 0.25) is 0 Å². The molecule has 3 nitrogen and oxygen atoms in total. The van der Waals surface area contributed by atoms with Crippen molar-refractivity contribution in [3.63, 3.8) is 0 Å². The van der Waals surface area contributed by atoms with Gasteiger partial charge in [-0.2, -0.15) is 0 Å². The number of hydrogen-bond acceptors (Lipinski definition) is 3. The summed E-state index contributed by atoms with van der Waals surface area (Å²) in [5.74, 6) is -1.15. The zero-order valence-electron chi connectivity index (χ0n) is 9.13. The molecule has 0 amide bonds. The van der Waals surface area contributed by atoms with Crippen LogP contribution >= 0.6 is 0 Å². The highest BCUT2D eigenvalue weighted by molar-refractivity contribution is 5.89. The first-order valence-electron chi connectivity index (χ1n) is 5.33. The Hall–Kier alpha value is -1.42. The van der Waals surface area contributed by atoms with Crippen molar-refractivity contribution in [2.24, 2.45) is 0 Å². The second-order valence-electron chi connectivity index (χ2n) is 3.88. The maximum atomic E-state index is 13.6. The molecular formula is C12H14FNO2.